The van der Waals surface area contributed by atoms with Crippen LogP contribution in [0.3, 0.4) is 0 Å². The van der Waals surface area contributed by atoms with Gasteiger partial charge in [0.1, 0.15) is 17.8 Å². The van der Waals surface area contributed by atoms with Gasteiger partial charge in [-0.2, -0.15) is 0 Å². The maximum Gasteiger partial charge on any atom is 0.325 e. The molecule has 0 saturated carbocycles. The van der Waals surface area contributed by atoms with E-state index in [9.17, 15) is 29.1 Å². The molecule has 1 aromatic carbocycles. The first-order valence-corrected chi connectivity index (χ1v) is 8.91. The van der Waals surface area contributed by atoms with Crippen LogP contribution in [0.2, 0.25) is 0 Å². The molecule has 9 N–H and O–H groups in total. The van der Waals surface area contributed by atoms with Gasteiger partial charge in [0.15, 0.2) is 0 Å². The number of phenols is 1. The lowest BCUT2D eigenvalue weighted by Crippen LogP contribution is -2.54. The van der Waals surface area contributed by atoms with E-state index >= 15 is 0 Å². The monoisotopic (exact) mass is 423 g/mol. The van der Waals surface area contributed by atoms with Gasteiger partial charge >= 0.3 is 5.97 Å². The van der Waals surface area contributed by atoms with Crippen molar-refractivity contribution in [1.82, 2.24) is 16.0 Å². The second kappa shape index (κ2) is 11.4. The van der Waals surface area contributed by atoms with Crippen LogP contribution >= 0.6 is 0 Å². The van der Waals surface area contributed by atoms with Crippen LogP contribution in [0.1, 0.15) is 18.9 Å². The SMILES string of the molecule is CC(NC(=O)C(Cc1ccc(O)cc1)NC(=O)CNC(=O)C(N)CC(N)=O)C(=O)O. The van der Waals surface area contributed by atoms with E-state index in [0.29, 0.717) is 5.56 Å². The number of phenolic OH excluding ortho intramolecular Hbond substituents is 1. The van der Waals surface area contributed by atoms with Crippen molar-refractivity contribution in [2.45, 2.75) is 37.9 Å². The zero-order chi connectivity index (χ0) is 22.8. The minimum absolute atomic E-state index is 0.000667. The van der Waals surface area contributed by atoms with Crippen molar-refractivity contribution in [2.75, 3.05) is 6.54 Å². The average Bonchev–Trinajstić information content (AvgIpc) is 2.66. The minimum atomic E-state index is -1.26. The maximum atomic E-state index is 12.4. The summed E-state index contributed by atoms with van der Waals surface area (Å²) in [4.78, 5) is 58.1. The third kappa shape index (κ3) is 8.56. The molecule has 3 atom stereocenters. The van der Waals surface area contributed by atoms with E-state index in [1.54, 1.807) is 0 Å². The number of primary amides is 1. The molecule has 1 aromatic rings. The third-order valence-electron chi connectivity index (χ3n) is 3.94. The molecule has 1 rings (SSSR count). The number of hydrogen-bond acceptors (Lipinski definition) is 7. The van der Waals surface area contributed by atoms with Gasteiger partial charge in [0.25, 0.3) is 0 Å². The zero-order valence-electron chi connectivity index (χ0n) is 16.3. The number of nitrogens with two attached hydrogens (primary N) is 2. The summed E-state index contributed by atoms with van der Waals surface area (Å²) in [7, 11) is 0. The summed E-state index contributed by atoms with van der Waals surface area (Å²) in [5.74, 6) is -4.28. The smallest absolute Gasteiger partial charge is 0.325 e. The van der Waals surface area contributed by atoms with Crippen molar-refractivity contribution in [2.24, 2.45) is 11.5 Å². The predicted molar refractivity (Wildman–Crippen MR) is 104 cm³/mol. The fraction of sp³-hybridized carbons (Fsp3) is 0.389. The molecule has 30 heavy (non-hydrogen) atoms. The molecule has 12 nitrogen and oxygen atoms in total. The number of hydrogen-bond donors (Lipinski definition) is 7. The number of aromatic hydroxyl groups is 1. The van der Waals surface area contributed by atoms with E-state index in [4.69, 9.17) is 16.6 Å². The normalized spacial score (nSPS) is 13.4. The standard InChI is InChI=1S/C18H25N5O7/c1-9(18(29)30)22-17(28)13(6-10-2-4-11(24)5-3-10)23-15(26)8-21-16(27)12(19)7-14(20)25/h2-5,9,12-13,24H,6-8,19H2,1H3,(H2,20,25)(H,21,27)(H,22,28)(H,23,26)(H,29,30). The fourth-order valence-corrected chi connectivity index (χ4v) is 2.31. The molecule has 0 aliphatic rings. The summed E-state index contributed by atoms with van der Waals surface area (Å²) >= 11 is 0. The van der Waals surface area contributed by atoms with Crippen molar-refractivity contribution in [1.29, 1.82) is 0 Å². The Morgan fingerprint density at radius 3 is 2.17 bits per heavy atom. The molecule has 0 fully saturated rings. The number of carbonyl (C=O) groups excluding carboxylic acids is 4. The van der Waals surface area contributed by atoms with Crippen LogP contribution < -0.4 is 27.4 Å². The number of nitrogens with one attached hydrogen (secondary N) is 3. The third-order valence-corrected chi connectivity index (χ3v) is 3.94. The van der Waals surface area contributed by atoms with Crippen LogP contribution in [-0.4, -0.2) is 64.5 Å². The lowest BCUT2D eigenvalue weighted by molar-refractivity contribution is -0.141. The molecular formula is C18H25N5O7. The number of carboxylic acids is 1. The molecule has 0 radical (unpaired) electrons. The predicted octanol–water partition coefficient (Wildman–Crippen LogP) is -2.67. The number of aliphatic carboxylic acids is 1. The van der Waals surface area contributed by atoms with E-state index in [-0.39, 0.29) is 12.2 Å². The van der Waals surface area contributed by atoms with Crippen LogP contribution in [0, 0.1) is 0 Å². The summed E-state index contributed by atoms with van der Waals surface area (Å²) in [6.07, 6.45) is -0.397. The van der Waals surface area contributed by atoms with E-state index in [0.717, 1.165) is 0 Å². The van der Waals surface area contributed by atoms with Crippen LogP contribution in [0.25, 0.3) is 0 Å². The molecule has 0 aromatic heterocycles. The molecular weight excluding hydrogens is 398 g/mol. The van der Waals surface area contributed by atoms with Crippen molar-refractivity contribution in [3.05, 3.63) is 29.8 Å². The number of amides is 4. The molecule has 0 saturated heterocycles. The van der Waals surface area contributed by atoms with Gasteiger partial charge in [0, 0.05) is 6.42 Å². The largest absolute Gasteiger partial charge is 0.508 e. The Balaban J connectivity index is 2.78. The lowest BCUT2D eigenvalue weighted by atomic mass is 10.0. The Hall–Kier alpha value is -3.67. The lowest BCUT2D eigenvalue weighted by Gasteiger charge is -2.20. The van der Waals surface area contributed by atoms with Gasteiger partial charge in [-0.3, -0.25) is 24.0 Å². The summed E-state index contributed by atoms with van der Waals surface area (Å²) in [5, 5.41) is 25.2. The summed E-state index contributed by atoms with van der Waals surface area (Å²) in [5.41, 5.74) is 11.0. The van der Waals surface area contributed by atoms with E-state index < -0.39 is 60.7 Å². The molecule has 0 spiro atoms. The molecule has 12 heteroatoms. The molecule has 3 unspecified atom stereocenters. The van der Waals surface area contributed by atoms with E-state index in [2.05, 4.69) is 16.0 Å². The number of rotatable bonds is 11. The van der Waals surface area contributed by atoms with Crippen LogP contribution in [0.5, 0.6) is 5.75 Å². The van der Waals surface area contributed by atoms with Crippen LogP contribution in [0.15, 0.2) is 24.3 Å². The molecule has 164 valence electrons. The Morgan fingerprint density at radius 2 is 1.63 bits per heavy atom. The van der Waals surface area contributed by atoms with Crippen molar-refractivity contribution in [3.63, 3.8) is 0 Å². The first-order valence-electron chi connectivity index (χ1n) is 8.91. The molecule has 0 bridgehead atoms. The van der Waals surface area contributed by atoms with Gasteiger partial charge < -0.3 is 37.6 Å². The summed E-state index contributed by atoms with van der Waals surface area (Å²) < 4.78 is 0. The van der Waals surface area contributed by atoms with E-state index in [1.807, 2.05) is 0 Å². The Labute approximate surface area is 172 Å². The highest BCUT2D eigenvalue weighted by Gasteiger charge is 2.25. The highest BCUT2D eigenvalue weighted by molar-refractivity contribution is 5.93. The van der Waals surface area contributed by atoms with Gasteiger partial charge in [0.2, 0.25) is 23.6 Å². The zero-order valence-corrected chi connectivity index (χ0v) is 16.3. The number of carboxylic acid groups (broad SMARTS) is 1. The van der Waals surface area contributed by atoms with Gasteiger partial charge in [-0.1, -0.05) is 12.1 Å². The Morgan fingerprint density at radius 1 is 1.03 bits per heavy atom. The van der Waals surface area contributed by atoms with Crippen molar-refractivity contribution >= 4 is 29.6 Å². The van der Waals surface area contributed by atoms with Crippen LogP contribution in [-0.2, 0) is 30.4 Å². The quantitative estimate of drug-likeness (QED) is 0.199. The summed E-state index contributed by atoms with van der Waals surface area (Å²) in [6.45, 7) is 0.735. The second-order valence-corrected chi connectivity index (χ2v) is 6.55. The first kappa shape index (κ1) is 24.4. The summed E-state index contributed by atoms with van der Waals surface area (Å²) in [6, 6.07) is 2.30. The Kier molecular flexibility index (Phi) is 9.23. The van der Waals surface area contributed by atoms with Crippen LogP contribution in [0.4, 0.5) is 0 Å². The van der Waals surface area contributed by atoms with Gasteiger partial charge in [-0.05, 0) is 24.6 Å². The highest BCUT2D eigenvalue weighted by atomic mass is 16.4. The molecule has 4 amide bonds. The van der Waals surface area contributed by atoms with Crippen molar-refractivity contribution < 1.29 is 34.2 Å². The van der Waals surface area contributed by atoms with Gasteiger partial charge in [0.05, 0.1) is 19.0 Å². The highest BCUT2D eigenvalue weighted by Crippen LogP contribution is 2.11. The van der Waals surface area contributed by atoms with Gasteiger partial charge in [-0.25, -0.2) is 0 Å². The number of carbonyl (C=O) groups is 5. The second-order valence-electron chi connectivity index (χ2n) is 6.55. The fourth-order valence-electron chi connectivity index (χ4n) is 2.31. The number of benzene rings is 1. The minimum Gasteiger partial charge on any atom is -0.508 e. The van der Waals surface area contributed by atoms with E-state index in [1.165, 1.54) is 31.2 Å². The topological polar surface area (TPSA) is 214 Å². The maximum absolute atomic E-state index is 12.4. The average molecular weight is 423 g/mol. The molecule has 0 aliphatic carbocycles. The molecule has 0 heterocycles. The Bertz CT molecular complexity index is 797. The van der Waals surface area contributed by atoms with Crippen molar-refractivity contribution in [3.8, 4) is 5.75 Å². The van der Waals surface area contributed by atoms with Gasteiger partial charge in [-0.15, -0.1) is 0 Å². The molecule has 0 aliphatic heterocycles. The first-order chi connectivity index (χ1) is 14.0.